The zero-order valence-electron chi connectivity index (χ0n) is 15.8. The van der Waals surface area contributed by atoms with Crippen molar-refractivity contribution in [2.24, 2.45) is 5.92 Å². The minimum Gasteiger partial charge on any atom is -0.339 e. The van der Waals surface area contributed by atoms with Crippen LogP contribution in [0.25, 0.3) is 11.1 Å². The van der Waals surface area contributed by atoms with Crippen LogP contribution in [-0.4, -0.2) is 57.3 Å². The maximum absolute atomic E-state index is 13.0. The van der Waals surface area contributed by atoms with Crippen LogP contribution in [0.3, 0.4) is 0 Å². The van der Waals surface area contributed by atoms with Crippen molar-refractivity contribution in [1.29, 1.82) is 0 Å². The number of amides is 2. The number of carbonyl (C=O) groups excluding carboxylic acids is 2. The maximum Gasteiger partial charge on any atom is 0.344 e. The average Bonchev–Trinajstić information content (AvgIpc) is 2.65. The predicted molar refractivity (Wildman–Crippen MR) is 102 cm³/mol. The third-order valence-electron chi connectivity index (χ3n) is 4.71. The van der Waals surface area contributed by atoms with E-state index in [-0.39, 0.29) is 11.8 Å². The van der Waals surface area contributed by atoms with Crippen LogP contribution in [0.1, 0.15) is 31.1 Å². The summed E-state index contributed by atoms with van der Waals surface area (Å²) in [7, 11) is 0. The number of H-pyrrole nitrogens is 1. The van der Waals surface area contributed by atoms with Crippen molar-refractivity contribution in [1.82, 2.24) is 19.8 Å². The largest absolute Gasteiger partial charge is 0.344 e. The Bertz CT molecular complexity index is 886. The molecule has 2 amide bonds. The fourth-order valence-corrected chi connectivity index (χ4v) is 3.33. The van der Waals surface area contributed by atoms with Crippen molar-refractivity contribution in [2.45, 2.75) is 26.8 Å². The number of nitrogens with zero attached hydrogens (tertiary/aromatic N) is 3. The molecule has 0 radical (unpaired) electrons. The molecular formula is C20H24N4O3. The Hall–Kier alpha value is -2.96. The van der Waals surface area contributed by atoms with E-state index in [1.165, 1.54) is 6.20 Å². The highest BCUT2D eigenvalue weighted by atomic mass is 16.2. The first kappa shape index (κ1) is 18.8. The van der Waals surface area contributed by atoms with Gasteiger partial charge in [0, 0.05) is 43.2 Å². The maximum atomic E-state index is 13.0. The number of aromatic amines is 1. The van der Waals surface area contributed by atoms with E-state index in [2.05, 4.69) is 23.8 Å². The zero-order valence-corrected chi connectivity index (χ0v) is 15.8. The quantitative estimate of drug-likeness (QED) is 0.891. The average molecular weight is 368 g/mol. The summed E-state index contributed by atoms with van der Waals surface area (Å²) in [6.45, 7) is 7.71. The van der Waals surface area contributed by atoms with Gasteiger partial charge in [-0.2, -0.15) is 0 Å². The lowest BCUT2D eigenvalue weighted by Crippen LogP contribution is -2.58. The Morgan fingerprint density at radius 2 is 2.04 bits per heavy atom. The Labute approximate surface area is 158 Å². The third-order valence-corrected chi connectivity index (χ3v) is 4.71. The molecule has 0 aliphatic carbocycles. The molecule has 0 bridgehead atoms. The first-order valence-electron chi connectivity index (χ1n) is 9.11. The topological polar surface area (TPSA) is 86.4 Å². The van der Waals surface area contributed by atoms with E-state index in [0.29, 0.717) is 31.1 Å². The molecular weight excluding hydrogens is 344 g/mol. The van der Waals surface area contributed by atoms with Gasteiger partial charge in [-0.05, 0) is 30.5 Å². The Morgan fingerprint density at radius 1 is 1.26 bits per heavy atom. The van der Waals surface area contributed by atoms with E-state index in [1.54, 1.807) is 36.2 Å². The molecule has 2 aromatic rings. The first-order valence-corrected chi connectivity index (χ1v) is 9.11. The number of aromatic nitrogens is 2. The molecule has 27 heavy (non-hydrogen) atoms. The number of hydrogen-bond donors (Lipinski definition) is 1. The van der Waals surface area contributed by atoms with Gasteiger partial charge in [0.25, 0.3) is 5.91 Å². The molecule has 3 rings (SSSR count). The summed E-state index contributed by atoms with van der Waals surface area (Å²) in [4.78, 5) is 46.5. The summed E-state index contributed by atoms with van der Waals surface area (Å²) in [5.74, 6) is 0.217. The van der Waals surface area contributed by atoms with Crippen LogP contribution in [0.4, 0.5) is 0 Å². The van der Waals surface area contributed by atoms with Gasteiger partial charge in [0.05, 0.1) is 0 Å². The number of piperazine rings is 1. The SMILES string of the molecule is CC(C)CN1CCN(C(=O)c2cccc(-c3cnc(=O)[nH]c3)c2)[C@H](C)C1=O. The van der Waals surface area contributed by atoms with Crippen LogP contribution in [0, 0.1) is 5.92 Å². The summed E-state index contributed by atoms with van der Waals surface area (Å²) >= 11 is 0. The van der Waals surface area contributed by atoms with Crippen molar-refractivity contribution in [3.8, 4) is 11.1 Å². The normalized spacial score (nSPS) is 17.5. The molecule has 1 aromatic heterocycles. The number of rotatable bonds is 4. The van der Waals surface area contributed by atoms with E-state index in [0.717, 1.165) is 11.1 Å². The standard InChI is InChI=1S/C20H24N4O3/c1-13(2)12-23-7-8-24(14(3)18(23)25)19(26)16-6-4-5-15(9-16)17-10-21-20(27)22-11-17/h4-6,9-11,13-14H,7-8,12H2,1-3H3,(H,21,22,27)/t14-/m1/s1. The second-order valence-electron chi connectivity index (χ2n) is 7.24. The summed E-state index contributed by atoms with van der Waals surface area (Å²) in [5.41, 5.74) is 1.59. The number of carbonyl (C=O) groups is 2. The summed E-state index contributed by atoms with van der Waals surface area (Å²) in [5, 5.41) is 0. The lowest BCUT2D eigenvalue weighted by Gasteiger charge is -2.39. The Kier molecular flexibility index (Phi) is 5.39. The van der Waals surface area contributed by atoms with E-state index in [9.17, 15) is 14.4 Å². The van der Waals surface area contributed by atoms with Crippen molar-refractivity contribution < 1.29 is 9.59 Å². The van der Waals surface area contributed by atoms with Crippen LogP contribution in [0.2, 0.25) is 0 Å². The predicted octanol–water partition coefficient (Wildman–Crippen LogP) is 1.77. The smallest absolute Gasteiger partial charge is 0.339 e. The highest BCUT2D eigenvalue weighted by Crippen LogP contribution is 2.21. The lowest BCUT2D eigenvalue weighted by molar-refractivity contribution is -0.140. The van der Waals surface area contributed by atoms with Crippen LogP contribution in [-0.2, 0) is 4.79 Å². The molecule has 142 valence electrons. The number of hydrogen-bond acceptors (Lipinski definition) is 4. The minimum absolute atomic E-state index is 0.00992. The van der Waals surface area contributed by atoms with E-state index >= 15 is 0 Å². The zero-order chi connectivity index (χ0) is 19.6. The van der Waals surface area contributed by atoms with Crippen molar-refractivity contribution in [2.75, 3.05) is 19.6 Å². The molecule has 2 heterocycles. The van der Waals surface area contributed by atoms with Crippen LogP contribution < -0.4 is 5.69 Å². The van der Waals surface area contributed by atoms with E-state index in [4.69, 9.17) is 0 Å². The van der Waals surface area contributed by atoms with Crippen LogP contribution in [0.15, 0.2) is 41.5 Å². The van der Waals surface area contributed by atoms with E-state index < -0.39 is 11.7 Å². The fraction of sp³-hybridized carbons (Fsp3) is 0.400. The van der Waals surface area contributed by atoms with Gasteiger partial charge in [0.2, 0.25) is 5.91 Å². The molecule has 1 atom stereocenters. The monoisotopic (exact) mass is 368 g/mol. The molecule has 7 heteroatoms. The Balaban J connectivity index is 1.80. The molecule has 1 aliphatic rings. The van der Waals surface area contributed by atoms with Gasteiger partial charge >= 0.3 is 5.69 Å². The molecule has 7 nitrogen and oxygen atoms in total. The summed E-state index contributed by atoms with van der Waals surface area (Å²) in [6, 6.07) is 6.65. The van der Waals surface area contributed by atoms with Gasteiger partial charge in [-0.3, -0.25) is 9.59 Å². The first-order chi connectivity index (χ1) is 12.9. The second-order valence-corrected chi connectivity index (χ2v) is 7.24. The Morgan fingerprint density at radius 3 is 2.70 bits per heavy atom. The van der Waals surface area contributed by atoms with Crippen LogP contribution >= 0.6 is 0 Å². The third kappa shape index (κ3) is 4.07. The molecule has 1 aliphatic heterocycles. The van der Waals surface area contributed by atoms with Crippen LogP contribution in [0.5, 0.6) is 0 Å². The lowest BCUT2D eigenvalue weighted by atomic mass is 10.0. The van der Waals surface area contributed by atoms with Crippen molar-refractivity contribution in [3.63, 3.8) is 0 Å². The summed E-state index contributed by atoms with van der Waals surface area (Å²) < 4.78 is 0. The van der Waals surface area contributed by atoms with Crippen molar-refractivity contribution in [3.05, 3.63) is 52.7 Å². The van der Waals surface area contributed by atoms with Gasteiger partial charge in [-0.1, -0.05) is 26.0 Å². The molecule has 0 spiro atoms. The highest BCUT2D eigenvalue weighted by molar-refractivity contribution is 5.99. The molecule has 0 unspecified atom stereocenters. The highest BCUT2D eigenvalue weighted by Gasteiger charge is 2.34. The second kappa shape index (κ2) is 7.73. The molecule has 1 fully saturated rings. The molecule has 1 saturated heterocycles. The van der Waals surface area contributed by atoms with E-state index in [1.807, 2.05) is 11.0 Å². The molecule has 0 saturated carbocycles. The van der Waals surface area contributed by atoms with Gasteiger partial charge in [-0.25, -0.2) is 9.78 Å². The van der Waals surface area contributed by atoms with Gasteiger partial charge in [-0.15, -0.1) is 0 Å². The summed E-state index contributed by atoms with van der Waals surface area (Å²) in [6.07, 6.45) is 3.04. The number of nitrogens with one attached hydrogen (secondary N) is 1. The van der Waals surface area contributed by atoms with Crippen molar-refractivity contribution >= 4 is 11.8 Å². The minimum atomic E-state index is -0.483. The van der Waals surface area contributed by atoms with Gasteiger partial charge in [0.1, 0.15) is 6.04 Å². The molecule has 1 N–H and O–H groups in total. The molecule has 1 aromatic carbocycles. The van der Waals surface area contributed by atoms with Gasteiger partial charge in [0.15, 0.2) is 0 Å². The van der Waals surface area contributed by atoms with Gasteiger partial charge < -0.3 is 14.8 Å². The fourth-order valence-electron chi connectivity index (χ4n) is 3.33. The number of benzene rings is 1.